The lowest BCUT2D eigenvalue weighted by atomic mass is 10.2. The van der Waals surface area contributed by atoms with Crippen molar-refractivity contribution in [3.63, 3.8) is 0 Å². The molecule has 104 valence electrons. The van der Waals surface area contributed by atoms with Gasteiger partial charge in [0.1, 0.15) is 0 Å². The van der Waals surface area contributed by atoms with E-state index in [1.165, 1.54) is 9.80 Å². The number of hydrogen-bond acceptors (Lipinski definition) is 3. The summed E-state index contributed by atoms with van der Waals surface area (Å²) in [6, 6.07) is 7.66. The third-order valence-corrected chi connectivity index (χ3v) is 3.35. The number of rotatable bonds is 6. The first-order valence-corrected chi connectivity index (χ1v) is 7.09. The van der Waals surface area contributed by atoms with E-state index in [4.69, 9.17) is 5.11 Å². The van der Waals surface area contributed by atoms with Gasteiger partial charge in [-0.3, -0.25) is 4.79 Å². The average Bonchev–Trinajstić information content (AvgIpc) is 2.42. The topological polar surface area (TPSA) is 69.6 Å². The molecule has 0 spiro atoms. The van der Waals surface area contributed by atoms with Crippen LogP contribution in [0.4, 0.5) is 4.79 Å². The number of thioether (sulfide) groups is 1. The zero-order valence-corrected chi connectivity index (χ0v) is 11.9. The SMILES string of the molecule is CSc1ccc(CNC(=O)N(C)CCC(=O)O)cc1. The van der Waals surface area contributed by atoms with Gasteiger partial charge in [-0.2, -0.15) is 0 Å². The molecule has 0 atom stereocenters. The summed E-state index contributed by atoms with van der Waals surface area (Å²) in [5.41, 5.74) is 1.01. The third kappa shape index (κ3) is 5.65. The standard InChI is InChI=1S/C13H18N2O3S/c1-15(8-7-12(16)17)13(18)14-9-10-3-5-11(19-2)6-4-10/h3-6H,7-9H2,1-2H3,(H,14,18)(H,16,17). The molecular weight excluding hydrogens is 264 g/mol. The zero-order chi connectivity index (χ0) is 14.3. The molecule has 6 heteroatoms. The van der Waals surface area contributed by atoms with E-state index in [0.717, 1.165) is 5.56 Å². The number of aliphatic carboxylic acids is 1. The van der Waals surface area contributed by atoms with E-state index in [0.29, 0.717) is 6.54 Å². The molecule has 0 bridgehead atoms. The van der Waals surface area contributed by atoms with Gasteiger partial charge in [0.2, 0.25) is 0 Å². The Morgan fingerprint density at radius 2 is 1.95 bits per heavy atom. The number of benzene rings is 1. The lowest BCUT2D eigenvalue weighted by Crippen LogP contribution is -2.37. The second-order valence-electron chi connectivity index (χ2n) is 4.07. The molecule has 0 aliphatic carbocycles. The summed E-state index contributed by atoms with van der Waals surface area (Å²) in [5.74, 6) is -0.910. The van der Waals surface area contributed by atoms with Gasteiger partial charge in [0.15, 0.2) is 0 Å². The van der Waals surface area contributed by atoms with E-state index in [2.05, 4.69) is 5.32 Å². The smallest absolute Gasteiger partial charge is 0.317 e. The number of carboxylic acid groups (broad SMARTS) is 1. The molecule has 0 heterocycles. The minimum Gasteiger partial charge on any atom is -0.481 e. The highest BCUT2D eigenvalue weighted by molar-refractivity contribution is 7.98. The first-order chi connectivity index (χ1) is 9.02. The maximum atomic E-state index is 11.7. The summed E-state index contributed by atoms with van der Waals surface area (Å²) >= 11 is 1.66. The average molecular weight is 282 g/mol. The van der Waals surface area contributed by atoms with Gasteiger partial charge in [0.05, 0.1) is 6.42 Å². The molecule has 0 fully saturated rings. The maximum absolute atomic E-state index is 11.7. The molecule has 0 aliphatic heterocycles. The number of carbonyl (C=O) groups excluding carboxylic acids is 1. The molecule has 19 heavy (non-hydrogen) atoms. The van der Waals surface area contributed by atoms with Gasteiger partial charge in [-0.1, -0.05) is 12.1 Å². The van der Waals surface area contributed by atoms with E-state index in [9.17, 15) is 9.59 Å². The van der Waals surface area contributed by atoms with Crippen molar-refractivity contribution in [1.82, 2.24) is 10.2 Å². The fraction of sp³-hybridized carbons (Fsp3) is 0.385. The predicted molar refractivity (Wildman–Crippen MR) is 75.3 cm³/mol. The molecule has 0 saturated carbocycles. The minimum absolute atomic E-state index is 0.0493. The van der Waals surface area contributed by atoms with Crippen LogP contribution in [0, 0.1) is 0 Å². The Kier molecular flexibility index (Phi) is 6.21. The van der Waals surface area contributed by atoms with Crippen LogP contribution in [0.25, 0.3) is 0 Å². The Hall–Kier alpha value is -1.69. The Morgan fingerprint density at radius 3 is 2.47 bits per heavy atom. The summed E-state index contributed by atoms with van der Waals surface area (Å²) in [4.78, 5) is 24.6. The summed E-state index contributed by atoms with van der Waals surface area (Å²) in [7, 11) is 1.58. The zero-order valence-electron chi connectivity index (χ0n) is 11.0. The number of carbonyl (C=O) groups is 2. The molecule has 0 radical (unpaired) electrons. The number of urea groups is 1. The molecule has 1 aromatic carbocycles. The normalized spacial score (nSPS) is 10.0. The van der Waals surface area contributed by atoms with Crippen LogP contribution in [0.5, 0.6) is 0 Å². The molecule has 0 saturated heterocycles. The van der Waals surface area contributed by atoms with E-state index in [-0.39, 0.29) is 19.0 Å². The fourth-order valence-electron chi connectivity index (χ4n) is 1.42. The van der Waals surface area contributed by atoms with Crippen molar-refractivity contribution < 1.29 is 14.7 Å². The number of nitrogens with zero attached hydrogens (tertiary/aromatic N) is 1. The monoisotopic (exact) mass is 282 g/mol. The second-order valence-corrected chi connectivity index (χ2v) is 4.95. The van der Waals surface area contributed by atoms with Crippen molar-refractivity contribution in [3.05, 3.63) is 29.8 Å². The van der Waals surface area contributed by atoms with Gasteiger partial charge >= 0.3 is 12.0 Å². The Morgan fingerprint density at radius 1 is 1.32 bits per heavy atom. The molecule has 1 rings (SSSR count). The second kappa shape index (κ2) is 7.68. The molecule has 5 nitrogen and oxygen atoms in total. The molecular formula is C13H18N2O3S. The van der Waals surface area contributed by atoms with E-state index >= 15 is 0 Å². The molecule has 0 aliphatic rings. The molecule has 0 aromatic heterocycles. The van der Waals surface area contributed by atoms with Crippen molar-refractivity contribution >= 4 is 23.8 Å². The van der Waals surface area contributed by atoms with Crippen molar-refractivity contribution in [1.29, 1.82) is 0 Å². The highest BCUT2D eigenvalue weighted by atomic mass is 32.2. The lowest BCUT2D eigenvalue weighted by molar-refractivity contribution is -0.137. The minimum atomic E-state index is -0.910. The van der Waals surface area contributed by atoms with Crippen LogP contribution < -0.4 is 5.32 Å². The summed E-state index contributed by atoms with van der Waals surface area (Å²) in [6.07, 6.45) is 1.96. The highest BCUT2D eigenvalue weighted by Gasteiger charge is 2.09. The fourth-order valence-corrected chi connectivity index (χ4v) is 1.83. The van der Waals surface area contributed by atoms with Crippen LogP contribution in [0.2, 0.25) is 0 Å². The predicted octanol–water partition coefficient (Wildman–Crippen LogP) is 2.02. The summed E-state index contributed by atoms with van der Waals surface area (Å²) in [5, 5.41) is 11.3. The van der Waals surface area contributed by atoms with Crippen LogP contribution in [-0.4, -0.2) is 41.9 Å². The van der Waals surface area contributed by atoms with Gasteiger partial charge in [0.25, 0.3) is 0 Å². The molecule has 0 unspecified atom stereocenters. The van der Waals surface area contributed by atoms with Crippen LogP contribution in [0.15, 0.2) is 29.2 Å². The van der Waals surface area contributed by atoms with Crippen LogP contribution in [0.3, 0.4) is 0 Å². The van der Waals surface area contributed by atoms with Gasteiger partial charge < -0.3 is 15.3 Å². The van der Waals surface area contributed by atoms with Gasteiger partial charge in [-0.15, -0.1) is 11.8 Å². The highest BCUT2D eigenvalue weighted by Crippen LogP contribution is 2.14. The first kappa shape index (κ1) is 15.4. The Balaban J connectivity index is 2.38. The summed E-state index contributed by atoms with van der Waals surface area (Å²) < 4.78 is 0. The van der Waals surface area contributed by atoms with E-state index in [1.807, 2.05) is 30.5 Å². The number of amides is 2. The van der Waals surface area contributed by atoms with Crippen LogP contribution in [-0.2, 0) is 11.3 Å². The van der Waals surface area contributed by atoms with Gasteiger partial charge in [-0.25, -0.2) is 4.79 Å². The van der Waals surface area contributed by atoms with Crippen molar-refractivity contribution in [2.75, 3.05) is 19.8 Å². The van der Waals surface area contributed by atoms with E-state index < -0.39 is 5.97 Å². The van der Waals surface area contributed by atoms with Crippen LogP contribution >= 0.6 is 11.8 Å². The molecule has 1 aromatic rings. The van der Waals surface area contributed by atoms with Gasteiger partial charge in [0, 0.05) is 25.0 Å². The van der Waals surface area contributed by atoms with Crippen molar-refractivity contribution in [2.45, 2.75) is 17.9 Å². The number of nitrogens with one attached hydrogen (secondary N) is 1. The Bertz CT molecular complexity index is 434. The maximum Gasteiger partial charge on any atom is 0.317 e. The third-order valence-electron chi connectivity index (χ3n) is 2.61. The van der Waals surface area contributed by atoms with Crippen LogP contribution in [0.1, 0.15) is 12.0 Å². The lowest BCUT2D eigenvalue weighted by Gasteiger charge is -2.16. The van der Waals surface area contributed by atoms with Gasteiger partial charge in [-0.05, 0) is 24.0 Å². The largest absolute Gasteiger partial charge is 0.481 e. The van der Waals surface area contributed by atoms with E-state index in [1.54, 1.807) is 18.8 Å². The molecule has 2 amide bonds. The Labute approximate surface area is 117 Å². The summed E-state index contributed by atoms with van der Waals surface area (Å²) in [6.45, 7) is 0.636. The molecule has 2 N–H and O–H groups in total. The first-order valence-electron chi connectivity index (χ1n) is 5.86. The number of hydrogen-bond donors (Lipinski definition) is 2. The van der Waals surface area contributed by atoms with Crippen molar-refractivity contribution in [3.8, 4) is 0 Å². The quantitative estimate of drug-likeness (QED) is 0.783. The number of carboxylic acids is 1. The van der Waals surface area contributed by atoms with Crippen molar-refractivity contribution in [2.24, 2.45) is 0 Å².